The Morgan fingerprint density at radius 2 is 1.85 bits per heavy atom. The number of hydrogen-bond donors (Lipinski definition) is 2. The molecule has 0 saturated heterocycles. The fourth-order valence-electron chi connectivity index (χ4n) is 3.58. The van der Waals surface area contributed by atoms with E-state index in [-0.39, 0.29) is 11.9 Å². The van der Waals surface area contributed by atoms with Gasteiger partial charge in [-0.25, -0.2) is 9.97 Å². The van der Waals surface area contributed by atoms with E-state index in [1.807, 2.05) is 48.5 Å². The minimum absolute atomic E-state index is 0.00573. The van der Waals surface area contributed by atoms with Gasteiger partial charge in [0, 0.05) is 23.2 Å². The zero-order valence-corrected chi connectivity index (χ0v) is 14.6. The fraction of sp³-hybridized carbons (Fsp3) is 0.190. The van der Waals surface area contributed by atoms with Gasteiger partial charge < -0.3 is 15.4 Å². The maximum atomic E-state index is 12.4. The van der Waals surface area contributed by atoms with Crippen molar-refractivity contribution in [1.82, 2.24) is 15.3 Å². The fourth-order valence-corrected chi connectivity index (χ4v) is 3.58. The molecule has 1 atom stereocenters. The molecule has 0 bridgehead atoms. The molecule has 134 valence electrons. The van der Waals surface area contributed by atoms with Gasteiger partial charge in [0.1, 0.15) is 23.9 Å². The van der Waals surface area contributed by atoms with Gasteiger partial charge in [0.15, 0.2) is 5.82 Å². The van der Waals surface area contributed by atoms with E-state index < -0.39 is 0 Å². The molecule has 2 aromatic carbocycles. The van der Waals surface area contributed by atoms with Gasteiger partial charge in [-0.1, -0.05) is 48.5 Å². The van der Waals surface area contributed by atoms with Gasteiger partial charge in [0.2, 0.25) is 0 Å². The minimum atomic E-state index is -0.151. The van der Waals surface area contributed by atoms with Gasteiger partial charge in [-0.05, 0) is 12.5 Å². The molecule has 2 N–H and O–H groups in total. The monoisotopic (exact) mass is 358 g/mol. The third-order valence-corrected chi connectivity index (χ3v) is 4.93. The summed E-state index contributed by atoms with van der Waals surface area (Å²) in [5.74, 6) is 1.99. The van der Waals surface area contributed by atoms with Crippen molar-refractivity contribution in [1.29, 1.82) is 0 Å². The SMILES string of the molecule is O=C1NCCc2c(NC3COc4ccccc43)nc(-c3ccccc3)nc21. The number of anilines is 1. The first-order chi connectivity index (χ1) is 13.3. The summed E-state index contributed by atoms with van der Waals surface area (Å²) in [7, 11) is 0. The molecular weight excluding hydrogens is 340 g/mol. The van der Waals surface area contributed by atoms with Crippen molar-refractivity contribution in [2.24, 2.45) is 0 Å². The summed E-state index contributed by atoms with van der Waals surface area (Å²) in [5, 5.41) is 6.37. The first-order valence-electron chi connectivity index (χ1n) is 9.02. The van der Waals surface area contributed by atoms with Crippen molar-refractivity contribution in [3.05, 3.63) is 71.4 Å². The molecule has 27 heavy (non-hydrogen) atoms. The van der Waals surface area contributed by atoms with Gasteiger partial charge in [0.05, 0.1) is 6.04 Å². The van der Waals surface area contributed by atoms with Gasteiger partial charge in [-0.15, -0.1) is 0 Å². The van der Waals surface area contributed by atoms with Crippen LogP contribution in [-0.4, -0.2) is 29.0 Å². The molecule has 0 aliphatic carbocycles. The number of aromatic nitrogens is 2. The number of carbonyl (C=O) groups is 1. The Morgan fingerprint density at radius 1 is 1.04 bits per heavy atom. The summed E-state index contributed by atoms with van der Waals surface area (Å²) in [5.41, 5.74) is 3.30. The summed E-state index contributed by atoms with van der Waals surface area (Å²) in [6, 6.07) is 17.7. The van der Waals surface area contributed by atoms with Crippen LogP contribution in [0.5, 0.6) is 5.75 Å². The summed E-state index contributed by atoms with van der Waals surface area (Å²) >= 11 is 0. The number of fused-ring (bicyclic) bond motifs is 2. The average molecular weight is 358 g/mol. The molecule has 2 aliphatic heterocycles. The molecule has 3 heterocycles. The van der Waals surface area contributed by atoms with Gasteiger partial charge in [-0.2, -0.15) is 0 Å². The summed E-state index contributed by atoms with van der Waals surface area (Å²) in [6.45, 7) is 1.12. The highest BCUT2D eigenvalue weighted by molar-refractivity contribution is 5.96. The van der Waals surface area contributed by atoms with E-state index in [9.17, 15) is 4.79 Å². The zero-order valence-electron chi connectivity index (χ0n) is 14.6. The van der Waals surface area contributed by atoms with Crippen LogP contribution in [0.4, 0.5) is 5.82 Å². The van der Waals surface area contributed by atoms with Crippen LogP contribution in [0.25, 0.3) is 11.4 Å². The molecule has 0 spiro atoms. The second-order valence-electron chi connectivity index (χ2n) is 6.64. The van der Waals surface area contributed by atoms with Crippen LogP contribution in [0.2, 0.25) is 0 Å². The van der Waals surface area contributed by atoms with Crippen LogP contribution in [0.1, 0.15) is 27.7 Å². The Hall–Kier alpha value is -3.41. The first-order valence-corrected chi connectivity index (χ1v) is 9.02. The molecule has 3 aromatic rings. The number of hydrogen-bond acceptors (Lipinski definition) is 5. The quantitative estimate of drug-likeness (QED) is 0.753. The molecule has 0 radical (unpaired) electrons. The molecule has 1 amide bonds. The number of benzene rings is 2. The zero-order chi connectivity index (χ0) is 18.2. The van der Waals surface area contributed by atoms with Gasteiger partial charge >= 0.3 is 0 Å². The summed E-state index contributed by atoms with van der Waals surface area (Å²) in [4.78, 5) is 21.7. The standard InChI is InChI=1S/C21H18N4O2/c26-21-18-15(10-11-22-21)20(25-19(24-18)13-6-2-1-3-7-13)23-16-12-27-17-9-5-4-8-14(16)17/h1-9,16H,10-12H2,(H,22,26)(H,23,24,25). The lowest BCUT2D eigenvalue weighted by Crippen LogP contribution is -2.34. The molecule has 1 aromatic heterocycles. The molecular formula is C21H18N4O2. The molecule has 0 saturated carbocycles. The number of nitrogens with one attached hydrogen (secondary N) is 2. The topological polar surface area (TPSA) is 76.1 Å². The predicted octanol–water partition coefficient (Wildman–Crippen LogP) is 2.98. The van der Waals surface area contributed by atoms with Crippen LogP contribution >= 0.6 is 0 Å². The van der Waals surface area contributed by atoms with E-state index in [0.29, 0.717) is 36.9 Å². The number of amides is 1. The molecule has 2 aliphatic rings. The average Bonchev–Trinajstić information content (AvgIpc) is 3.12. The first kappa shape index (κ1) is 15.8. The normalized spacial score (nSPS) is 17.5. The molecule has 6 nitrogen and oxygen atoms in total. The number of rotatable bonds is 3. The molecule has 6 heteroatoms. The van der Waals surface area contributed by atoms with E-state index in [1.165, 1.54) is 0 Å². The number of ether oxygens (including phenoxy) is 1. The van der Waals surface area contributed by atoms with Crippen LogP contribution < -0.4 is 15.4 Å². The van der Waals surface area contributed by atoms with Crippen LogP contribution in [0.3, 0.4) is 0 Å². The lowest BCUT2D eigenvalue weighted by molar-refractivity contribution is 0.0940. The van der Waals surface area contributed by atoms with Crippen LogP contribution in [-0.2, 0) is 6.42 Å². The predicted molar refractivity (Wildman–Crippen MR) is 102 cm³/mol. The van der Waals surface area contributed by atoms with E-state index in [4.69, 9.17) is 9.72 Å². The van der Waals surface area contributed by atoms with Gasteiger partial charge in [0.25, 0.3) is 5.91 Å². The Kier molecular flexibility index (Phi) is 3.74. The van der Waals surface area contributed by atoms with Crippen molar-refractivity contribution in [2.75, 3.05) is 18.5 Å². The van der Waals surface area contributed by atoms with E-state index in [1.54, 1.807) is 0 Å². The van der Waals surface area contributed by atoms with E-state index in [2.05, 4.69) is 21.7 Å². The molecule has 0 fully saturated rings. The third kappa shape index (κ3) is 2.79. The Balaban J connectivity index is 1.59. The van der Waals surface area contributed by atoms with E-state index >= 15 is 0 Å². The molecule has 1 unspecified atom stereocenters. The van der Waals surface area contributed by atoms with E-state index in [0.717, 1.165) is 22.4 Å². The van der Waals surface area contributed by atoms with Crippen molar-refractivity contribution in [2.45, 2.75) is 12.5 Å². The lowest BCUT2D eigenvalue weighted by Gasteiger charge is -2.22. The highest BCUT2D eigenvalue weighted by Crippen LogP contribution is 2.35. The maximum Gasteiger partial charge on any atom is 0.270 e. The van der Waals surface area contributed by atoms with Crippen LogP contribution in [0.15, 0.2) is 54.6 Å². The highest BCUT2D eigenvalue weighted by atomic mass is 16.5. The Bertz CT molecular complexity index is 1020. The maximum absolute atomic E-state index is 12.4. The van der Waals surface area contributed by atoms with Crippen molar-refractivity contribution >= 4 is 11.7 Å². The highest BCUT2D eigenvalue weighted by Gasteiger charge is 2.28. The van der Waals surface area contributed by atoms with Crippen molar-refractivity contribution in [3.63, 3.8) is 0 Å². The second kappa shape index (κ2) is 6.39. The van der Waals surface area contributed by atoms with Gasteiger partial charge in [-0.3, -0.25) is 4.79 Å². The van der Waals surface area contributed by atoms with Crippen LogP contribution in [0, 0.1) is 0 Å². The number of para-hydroxylation sites is 1. The van der Waals surface area contributed by atoms with Crippen molar-refractivity contribution < 1.29 is 9.53 Å². The Morgan fingerprint density at radius 3 is 2.74 bits per heavy atom. The largest absolute Gasteiger partial charge is 0.491 e. The number of nitrogens with zero attached hydrogens (tertiary/aromatic N) is 2. The minimum Gasteiger partial charge on any atom is -0.491 e. The Labute approximate surface area is 156 Å². The summed E-state index contributed by atoms with van der Waals surface area (Å²) in [6.07, 6.45) is 0.702. The second-order valence-corrected chi connectivity index (χ2v) is 6.64. The smallest absolute Gasteiger partial charge is 0.270 e. The lowest BCUT2D eigenvalue weighted by atomic mass is 10.0. The third-order valence-electron chi connectivity index (χ3n) is 4.93. The number of carbonyl (C=O) groups excluding carboxylic acids is 1. The summed E-state index contributed by atoms with van der Waals surface area (Å²) < 4.78 is 5.78. The van der Waals surface area contributed by atoms with Crippen molar-refractivity contribution in [3.8, 4) is 17.1 Å². The molecule has 5 rings (SSSR count).